The molecule has 0 amide bonds. The third-order valence-electron chi connectivity index (χ3n) is 3.00. The van der Waals surface area contributed by atoms with Crippen molar-refractivity contribution in [3.05, 3.63) is 23.8 Å². The molecular weight excluding hydrogens is 188 g/mol. The lowest BCUT2D eigenvalue weighted by Gasteiger charge is -2.15. The van der Waals surface area contributed by atoms with Crippen molar-refractivity contribution in [2.45, 2.75) is 38.3 Å². The van der Waals surface area contributed by atoms with Crippen LogP contribution in [0, 0.1) is 0 Å². The number of aliphatic hydroxyl groups is 1. The molecule has 2 atom stereocenters. The average molecular weight is 210 g/mol. The minimum atomic E-state index is -0.428. The SMILES string of the molecule is C=CC1=C(CC)CC(NCC(O)CN)C1. The van der Waals surface area contributed by atoms with Crippen LogP contribution < -0.4 is 11.1 Å². The Hall–Kier alpha value is -0.640. The third-order valence-corrected chi connectivity index (χ3v) is 3.00. The van der Waals surface area contributed by atoms with E-state index in [-0.39, 0.29) is 0 Å². The molecule has 0 spiro atoms. The number of nitrogens with two attached hydrogens (primary N) is 1. The molecule has 0 aliphatic heterocycles. The lowest BCUT2D eigenvalue weighted by Crippen LogP contribution is -2.37. The Morgan fingerprint density at radius 2 is 2.40 bits per heavy atom. The van der Waals surface area contributed by atoms with Crippen LogP contribution in [0.3, 0.4) is 0 Å². The molecule has 4 N–H and O–H groups in total. The maximum Gasteiger partial charge on any atom is 0.0786 e. The molecule has 0 saturated carbocycles. The topological polar surface area (TPSA) is 58.3 Å². The highest BCUT2D eigenvalue weighted by molar-refractivity contribution is 5.30. The van der Waals surface area contributed by atoms with Gasteiger partial charge in [-0.05, 0) is 24.8 Å². The first-order chi connectivity index (χ1) is 7.21. The average Bonchev–Trinajstić information content (AvgIpc) is 2.68. The van der Waals surface area contributed by atoms with Crippen LogP contribution in [-0.2, 0) is 0 Å². The summed E-state index contributed by atoms with van der Waals surface area (Å²) in [5.41, 5.74) is 8.21. The van der Waals surface area contributed by atoms with Crippen LogP contribution in [0.15, 0.2) is 23.8 Å². The molecule has 0 fully saturated rings. The normalized spacial score (nSPS) is 23.3. The van der Waals surface area contributed by atoms with Crippen molar-refractivity contribution in [1.82, 2.24) is 5.32 Å². The highest BCUT2D eigenvalue weighted by Gasteiger charge is 2.21. The van der Waals surface area contributed by atoms with E-state index in [1.165, 1.54) is 11.1 Å². The molecule has 2 unspecified atom stereocenters. The Morgan fingerprint density at radius 3 is 2.87 bits per heavy atom. The van der Waals surface area contributed by atoms with E-state index in [0.29, 0.717) is 19.1 Å². The highest BCUT2D eigenvalue weighted by atomic mass is 16.3. The minimum absolute atomic E-state index is 0.322. The van der Waals surface area contributed by atoms with Gasteiger partial charge >= 0.3 is 0 Å². The number of hydrogen-bond donors (Lipinski definition) is 3. The van der Waals surface area contributed by atoms with Gasteiger partial charge in [-0.25, -0.2) is 0 Å². The molecule has 3 heteroatoms. The Bertz CT molecular complexity index is 248. The van der Waals surface area contributed by atoms with Gasteiger partial charge in [0.15, 0.2) is 0 Å². The monoisotopic (exact) mass is 210 g/mol. The largest absolute Gasteiger partial charge is 0.390 e. The molecule has 0 aromatic carbocycles. The Labute approximate surface area is 92.1 Å². The van der Waals surface area contributed by atoms with Gasteiger partial charge in [-0.2, -0.15) is 0 Å². The maximum absolute atomic E-state index is 9.34. The molecule has 0 bridgehead atoms. The van der Waals surface area contributed by atoms with Crippen molar-refractivity contribution < 1.29 is 5.11 Å². The fourth-order valence-corrected chi connectivity index (χ4v) is 2.04. The van der Waals surface area contributed by atoms with E-state index in [1.807, 2.05) is 6.08 Å². The summed E-state index contributed by atoms with van der Waals surface area (Å²) in [6.07, 6.45) is 4.74. The van der Waals surface area contributed by atoms with E-state index in [2.05, 4.69) is 18.8 Å². The van der Waals surface area contributed by atoms with Crippen LogP contribution in [0.1, 0.15) is 26.2 Å². The van der Waals surface area contributed by atoms with Gasteiger partial charge in [0.1, 0.15) is 0 Å². The first-order valence-electron chi connectivity index (χ1n) is 5.66. The quantitative estimate of drug-likeness (QED) is 0.612. The molecule has 1 rings (SSSR count). The van der Waals surface area contributed by atoms with Gasteiger partial charge < -0.3 is 16.2 Å². The molecule has 15 heavy (non-hydrogen) atoms. The Kier molecular flexibility index (Phi) is 5.02. The van der Waals surface area contributed by atoms with Crippen molar-refractivity contribution in [1.29, 1.82) is 0 Å². The summed E-state index contributed by atoms with van der Waals surface area (Å²) in [6.45, 7) is 6.92. The molecule has 0 aromatic rings. The number of rotatable bonds is 6. The minimum Gasteiger partial charge on any atom is -0.390 e. The van der Waals surface area contributed by atoms with Crippen LogP contribution in [0.25, 0.3) is 0 Å². The van der Waals surface area contributed by atoms with Gasteiger partial charge in [0.25, 0.3) is 0 Å². The van der Waals surface area contributed by atoms with E-state index >= 15 is 0 Å². The summed E-state index contributed by atoms with van der Waals surface area (Å²) in [7, 11) is 0. The molecule has 3 nitrogen and oxygen atoms in total. The second kappa shape index (κ2) is 6.05. The van der Waals surface area contributed by atoms with Crippen molar-refractivity contribution in [3.8, 4) is 0 Å². The predicted octanol–water partition coefficient (Wildman–Crippen LogP) is 0.951. The maximum atomic E-state index is 9.34. The lowest BCUT2D eigenvalue weighted by molar-refractivity contribution is 0.175. The standard InChI is InChI=1S/C12H22N2O/c1-3-9-5-11(6-10(9)4-2)14-8-12(15)7-13/h3,11-12,14-15H,1,4-8,13H2,2H3. The number of aliphatic hydroxyl groups excluding tert-OH is 1. The first-order valence-corrected chi connectivity index (χ1v) is 5.66. The first kappa shape index (κ1) is 12.4. The Balaban J connectivity index is 2.35. The van der Waals surface area contributed by atoms with Gasteiger partial charge in [-0.3, -0.25) is 0 Å². The smallest absolute Gasteiger partial charge is 0.0786 e. The molecule has 0 radical (unpaired) electrons. The molecule has 86 valence electrons. The summed E-state index contributed by atoms with van der Waals surface area (Å²) >= 11 is 0. The zero-order valence-electron chi connectivity index (χ0n) is 9.50. The molecular formula is C12H22N2O. The summed E-state index contributed by atoms with van der Waals surface area (Å²) in [5, 5.41) is 12.7. The molecule has 0 saturated heterocycles. The van der Waals surface area contributed by atoms with Gasteiger partial charge in [0, 0.05) is 19.1 Å². The number of nitrogens with one attached hydrogen (secondary N) is 1. The van der Waals surface area contributed by atoms with Gasteiger partial charge in [-0.15, -0.1) is 0 Å². The molecule has 1 aliphatic rings. The van der Waals surface area contributed by atoms with Crippen molar-refractivity contribution >= 4 is 0 Å². The third kappa shape index (κ3) is 3.45. The Morgan fingerprint density at radius 1 is 1.67 bits per heavy atom. The van der Waals surface area contributed by atoms with Crippen LogP contribution in [0.5, 0.6) is 0 Å². The van der Waals surface area contributed by atoms with Crippen molar-refractivity contribution in [2.24, 2.45) is 5.73 Å². The fraction of sp³-hybridized carbons (Fsp3) is 0.667. The lowest BCUT2D eigenvalue weighted by atomic mass is 10.1. The summed E-state index contributed by atoms with van der Waals surface area (Å²) in [5.74, 6) is 0. The fourth-order valence-electron chi connectivity index (χ4n) is 2.04. The van der Waals surface area contributed by atoms with Crippen LogP contribution in [0.2, 0.25) is 0 Å². The molecule has 0 aromatic heterocycles. The van der Waals surface area contributed by atoms with Gasteiger partial charge in [0.05, 0.1) is 6.10 Å². The van der Waals surface area contributed by atoms with E-state index in [9.17, 15) is 5.11 Å². The van der Waals surface area contributed by atoms with Gasteiger partial charge in [-0.1, -0.05) is 25.2 Å². The number of hydrogen-bond acceptors (Lipinski definition) is 3. The van der Waals surface area contributed by atoms with Crippen LogP contribution in [-0.4, -0.2) is 30.3 Å². The van der Waals surface area contributed by atoms with Crippen molar-refractivity contribution in [2.75, 3.05) is 13.1 Å². The van der Waals surface area contributed by atoms with E-state index in [1.54, 1.807) is 0 Å². The summed E-state index contributed by atoms with van der Waals surface area (Å²) in [4.78, 5) is 0. The van der Waals surface area contributed by atoms with E-state index in [4.69, 9.17) is 5.73 Å². The van der Waals surface area contributed by atoms with Crippen LogP contribution in [0.4, 0.5) is 0 Å². The van der Waals surface area contributed by atoms with E-state index in [0.717, 1.165) is 19.3 Å². The van der Waals surface area contributed by atoms with Gasteiger partial charge in [0.2, 0.25) is 0 Å². The van der Waals surface area contributed by atoms with Crippen LogP contribution >= 0.6 is 0 Å². The molecule has 1 aliphatic carbocycles. The van der Waals surface area contributed by atoms with E-state index < -0.39 is 6.10 Å². The zero-order chi connectivity index (χ0) is 11.3. The van der Waals surface area contributed by atoms with Crippen molar-refractivity contribution in [3.63, 3.8) is 0 Å². The number of allylic oxidation sites excluding steroid dienone is 1. The second-order valence-electron chi connectivity index (χ2n) is 4.09. The summed E-state index contributed by atoms with van der Waals surface area (Å²) in [6, 6.07) is 0.453. The highest BCUT2D eigenvalue weighted by Crippen LogP contribution is 2.29. The molecule has 0 heterocycles. The predicted molar refractivity (Wildman–Crippen MR) is 63.6 cm³/mol. The second-order valence-corrected chi connectivity index (χ2v) is 4.09. The zero-order valence-corrected chi connectivity index (χ0v) is 9.50. The summed E-state index contributed by atoms with van der Waals surface area (Å²) < 4.78 is 0.